The quantitative estimate of drug-likeness (QED) is 0.723. The molecular formula is C20H15F3N2O3. The van der Waals surface area contributed by atoms with Crippen molar-refractivity contribution in [3.8, 4) is 0 Å². The van der Waals surface area contributed by atoms with Gasteiger partial charge in [-0.05, 0) is 48.9 Å². The Kier molecular flexibility index (Phi) is 5.04. The Bertz CT molecular complexity index is 1150. The summed E-state index contributed by atoms with van der Waals surface area (Å²) in [5.41, 5.74) is -0.125. The molecule has 5 nitrogen and oxygen atoms in total. The monoisotopic (exact) mass is 388 g/mol. The number of carbonyl (C=O) groups is 1. The van der Waals surface area contributed by atoms with Crippen LogP contribution >= 0.6 is 0 Å². The topological polar surface area (TPSA) is 72.2 Å². The number of aromatic nitrogens is 2. The molecule has 0 saturated heterocycles. The van der Waals surface area contributed by atoms with Gasteiger partial charge in [0.25, 0.3) is 5.56 Å². The number of carboxylic acids is 1. The van der Waals surface area contributed by atoms with Crippen LogP contribution in [0.3, 0.4) is 0 Å². The number of hydrogen-bond donors (Lipinski definition) is 1. The number of rotatable bonds is 4. The minimum Gasteiger partial charge on any atom is -0.478 e. The van der Waals surface area contributed by atoms with Crippen molar-refractivity contribution >= 4 is 29.2 Å². The highest BCUT2D eigenvalue weighted by Gasteiger charge is 2.30. The van der Waals surface area contributed by atoms with E-state index in [9.17, 15) is 22.8 Å². The highest BCUT2D eigenvalue weighted by molar-refractivity contribution is 5.92. The fourth-order valence-electron chi connectivity index (χ4n) is 2.82. The first-order chi connectivity index (χ1) is 13.2. The zero-order chi connectivity index (χ0) is 20.5. The van der Waals surface area contributed by atoms with E-state index in [4.69, 9.17) is 5.11 Å². The number of aryl methyl sites for hydroxylation is 1. The average molecular weight is 388 g/mol. The Morgan fingerprint density at radius 2 is 1.93 bits per heavy atom. The number of alkyl halides is 3. The molecule has 0 radical (unpaired) electrons. The molecule has 0 atom stereocenters. The van der Waals surface area contributed by atoms with Crippen LogP contribution in [0.4, 0.5) is 13.2 Å². The minimum absolute atomic E-state index is 0.00861. The fraction of sp³-hybridized carbons (Fsp3) is 0.150. The largest absolute Gasteiger partial charge is 0.478 e. The van der Waals surface area contributed by atoms with Gasteiger partial charge in [-0.3, -0.25) is 4.79 Å². The van der Waals surface area contributed by atoms with Crippen molar-refractivity contribution in [1.82, 2.24) is 9.55 Å². The molecular weight excluding hydrogens is 373 g/mol. The van der Waals surface area contributed by atoms with E-state index < -0.39 is 23.3 Å². The van der Waals surface area contributed by atoms with Gasteiger partial charge in [0.2, 0.25) is 0 Å². The first kappa shape index (κ1) is 19.3. The lowest BCUT2D eigenvalue weighted by atomic mass is 10.1. The van der Waals surface area contributed by atoms with Crippen LogP contribution in [-0.4, -0.2) is 20.6 Å². The summed E-state index contributed by atoms with van der Waals surface area (Å²) >= 11 is 0. The lowest BCUT2D eigenvalue weighted by Gasteiger charge is -2.09. The Morgan fingerprint density at radius 1 is 1.18 bits per heavy atom. The number of carboxylic acid groups (broad SMARTS) is 1. The summed E-state index contributed by atoms with van der Waals surface area (Å²) in [5.74, 6) is -1.13. The van der Waals surface area contributed by atoms with Crippen molar-refractivity contribution in [2.24, 2.45) is 0 Å². The van der Waals surface area contributed by atoms with Crippen molar-refractivity contribution in [2.75, 3.05) is 0 Å². The predicted molar refractivity (Wildman–Crippen MR) is 99.0 cm³/mol. The van der Waals surface area contributed by atoms with Gasteiger partial charge >= 0.3 is 12.1 Å². The summed E-state index contributed by atoms with van der Waals surface area (Å²) in [6.07, 6.45) is -1.77. The van der Waals surface area contributed by atoms with Gasteiger partial charge in [0.15, 0.2) is 0 Å². The maximum atomic E-state index is 12.8. The molecule has 0 amide bonds. The van der Waals surface area contributed by atoms with Gasteiger partial charge in [0.05, 0.1) is 22.2 Å². The molecule has 28 heavy (non-hydrogen) atoms. The molecule has 0 spiro atoms. The number of hydrogen-bond acceptors (Lipinski definition) is 3. The van der Waals surface area contributed by atoms with Crippen LogP contribution in [0.15, 0.2) is 47.3 Å². The maximum absolute atomic E-state index is 12.8. The maximum Gasteiger partial charge on any atom is 0.416 e. The summed E-state index contributed by atoms with van der Waals surface area (Å²) in [5, 5.41) is 9.14. The highest BCUT2D eigenvalue weighted by atomic mass is 19.4. The molecule has 0 aliphatic carbocycles. The second-order valence-electron chi connectivity index (χ2n) is 6.01. The molecule has 2 aromatic carbocycles. The molecule has 0 saturated carbocycles. The highest BCUT2D eigenvalue weighted by Crippen LogP contribution is 2.29. The van der Waals surface area contributed by atoms with E-state index in [1.54, 1.807) is 6.92 Å². The number of benzene rings is 2. The Balaban J connectivity index is 2.10. The number of halogens is 3. The third kappa shape index (κ3) is 3.80. The van der Waals surface area contributed by atoms with Crippen LogP contribution in [0.25, 0.3) is 23.2 Å². The standard InChI is InChI=1S/C20H15F3N2O3/c1-2-25-17-9-7-13(19(27)28)11-16(17)24-15(18(25)26)8-6-12-4-3-5-14(10-12)20(21,22)23/h3-11H,2H2,1H3,(H,27,28)/b8-6+. The molecule has 3 aromatic rings. The van der Waals surface area contributed by atoms with E-state index in [1.807, 2.05) is 0 Å². The summed E-state index contributed by atoms with van der Waals surface area (Å²) in [7, 11) is 0. The molecule has 0 aliphatic heterocycles. The number of aromatic carboxylic acids is 1. The first-order valence-corrected chi connectivity index (χ1v) is 8.34. The van der Waals surface area contributed by atoms with Gasteiger partial charge in [-0.1, -0.05) is 18.2 Å². The van der Waals surface area contributed by atoms with Gasteiger partial charge in [-0.25, -0.2) is 9.78 Å². The third-order valence-electron chi connectivity index (χ3n) is 4.18. The van der Waals surface area contributed by atoms with Crippen LogP contribution in [-0.2, 0) is 12.7 Å². The third-order valence-corrected chi connectivity index (χ3v) is 4.18. The predicted octanol–water partition coefficient (Wildman–Crippen LogP) is 4.30. The summed E-state index contributed by atoms with van der Waals surface area (Å²) < 4.78 is 39.9. The molecule has 0 unspecified atom stereocenters. The molecule has 1 N–H and O–H groups in total. The van der Waals surface area contributed by atoms with E-state index in [0.717, 1.165) is 12.1 Å². The summed E-state index contributed by atoms with van der Waals surface area (Å²) in [6, 6.07) is 8.94. The van der Waals surface area contributed by atoms with E-state index in [1.165, 1.54) is 47.1 Å². The van der Waals surface area contributed by atoms with Gasteiger partial charge < -0.3 is 9.67 Å². The van der Waals surface area contributed by atoms with Crippen LogP contribution in [0.5, 0.6) is 0 Å². The zero-order valence-corrected chi connectivity index (χ0v) is 14.7. The first-order valence-electron chi connectivity index (χ1n) is 8.34. The van der Waals surface area contributed by atoms with Crippen LogP contribution < -0.4 is 5.56 Å². The fourth-order valence-corrected chi connectivity index (χ4v) is 2.82. The second kappa shape index (κ2) is 7.30. The van der Waals surface area contributed by atoms with Crippen molar-refractivity contribution in [3.63, 3.8) is 0 Å². The average Bonchev–Trinajstić information content (AvgIpc) is 2.65. The Morgan fingerprint density at radius 3 is 2.57 bits per heavy atom. The summed E-state index contributed by atoms with van der Waals surface area (Å²) in [6.45, 7) is 2.08. The molecule has 1 aromatic heterocycles. The van der Waals surface area contributed by atoms with Gasteiger partial charge in [-0.15, -0.1) is 0 Å². The number of nitrogens with zero attached hydrogens (tertiary/aromatic N) is 2. The van der Waals surface area contributed by atoms with Gasteiger partial charge in [0.1, 0.15) is 5.69 Å². The smallest absolute Gasteiger partial charge is 0.416 e. The van der Waals surface area contributed by atoms with Crippen LogP contribution in [0, 0.1) is 0 Å². The van der Waals surface area contributed by atoms with Crippen molar-refractivity contribution in [3.05, 3.63) is 75.2 Å². The second-order valence-corrected chi connectivity index (χ2v) is 6.01. The molecule has 0 aliphatic rings. The van der Waals surface area contributed by atoms with E-state index in [2.05, 4.69) is 4.98 Å². The molecule has 8 heteroatoms. The molecule has 0 bridgehead atoms. The molecule has 1 heterocycles. The normalized spacial score (nSPS) is 12.0. The molecule has 0 fully saturated rings. The van der Waals surface area contributed by atoms with E-state index >= 15 is 0 Å². The Hall–Kier alpha value is -3.42. The van der Waals surface area contributed by atoms with Crippen molar-refractivity contribution in [2.45, 2.75) is 19.6 Å². The minimum atomic E-state index is -4.47. The van der Waals surface area contributed by atoms with Gasteiger partial charge in [0, 0.05) is 6.54 Å². The SMILES string of the molecule is CCn1c(=O)c(/C=C/c2cccc(C(F)(F)F)c2)nc2cc(C(=O)O)ccc21. The van der Waals surface area contributed by atoms with E-state index in [0.29, 0.717) is 17.6 Å². The van der Waals surface area contributed by atoms with Crippen molar-refractivity contribution in [1.29, 1.82) is 0 Å². The van der Waals surface area contributed by atoms with Crippen LogP contribution in [0.2, 0.25) is 0 Å². The summed E-state index contributed by atoms with van der Waals surface area (Å²) in [4.78, 5) is 28.0. The Labute approximate surface area is 157 Å². The lowest BCUT2D eigenvalue weighted by molar-refractivity contribution is -0.137. The van der Waals surface area contributed by atoms with E-state index in [-0.39, 0.29) is 16.8 Å². The van der Waals surface area contributed by atoms with Crippen LogP contribution in [0.1, 0.15) is 34.1 Å². The molecule has 144 valence electrons. The zero-order valence-electron chi connectivity index (χ0n) is 14.7. The number of fused-ring (bicyclic) bond motifs is 1. The molecule has 3 rings (SSSR count). The van der Waals surface area contributed by atoms with Gasteiger partial charge in [-0.2, -0.15) is 13.2 Å². The lowest BCUT2D eigenvalue weighted by Crippen LogP contribution is -2.23. The van der Waals surface area contributed by atoms with Crippen molar-refractivity contribution < 1.29 is 23.1 Å².